The molecule has 310 valence electrons. The van der Waals surface area contributed by atoms with Gasteiger partial charge < -0.3 is 39.4 Å². The van der Waals surface area contributed by atoms with E-state index in [0.29, 0.717) is 6.42 Å². The molecular weight excluding hydrogens is 676 g/mol. The SMILES string of the molecule is CCCCCC/C=C\C/C=C\CCCCCCCC(=O)OC(COC(=O)CCCCCCCCCCCCCC)COC1OC(CO)C(O)C(O)C1O. The van der Waals surface area contributed by atoms with Gasteiger partial charge in [-0.1, -0.05) is 147 Å². The average Bonchev–Trinajstić information content (AvgIpc) is 3.15. The first-order valence-electron chi connectivity index (χ1n) is 21.4. The Morgan fingerprint density at radius 2 is 1.06 bits per heavy atom. The van der Waals surface area contributed by atoms with Crippen molar-refractivity contribution >= 4 is 11.9 Å². The van der Waals surface area contributed by atoms with E-state index in [0.717, 1.165) is 57.8 Å². The molecule has 0 spiro atoms. The van der Waals surface area contributed by atoms with Gasteiger partial charge in [0.05, 0.1) is 13.2 Å². The van der Waals surface area contributed by atoms with E-state index in [9.17, 15) is 30.0 Å². The van der Waals surface area contributed by atoms with E-state index in [1.54, 1.807) is 0 Å². The number of aliphatic hydroxyl groups excluding tert-OH is 4. The van der Waals surface area contributed by atoms with Crippen LogP contribution in [0.3, 0.4) is 0 Å². The first-order chi connectivity index (χ1) is 25.8. The Labute approximate surface area is 322 Å². The summed E-state index contributed by atoms with van der Waals surface area (Å²) in [7, 11) is 0. The second-order valence-electron chi connectivity index (χ2n) is 14.8. The molecule has 0 bridgehead atoms. The van der Waals surface area contributed by atoms with Crippen molar-refractivity contribution < 1.29 is 49.0 Å². The highest BCUT2D eigenvalue weighted by atomic mass is 16.7. The molecule has 53 heavy (non-hydrogen) atoms. The fourth-order valence-corrected chi connectivity index (χ4v) is 6.39. The average molecular weight is 755 g/mol. The summed E-state index contributed by atoms with van der Waals surface area (Å²) >= 11 is 0. The van der Waals surface area contributed by atoms with Crippen LogP contribution in [0.1, 0.15) is 181 Å². The molecule has 0 aromatic heterocycles. The zero-order valence-corrected chi connectivity index (χ0v) is 33.5. The Balaban J connectivity index is 2.36. The maximum absolute atomic E-state index is 12.7. The van der Waals surface area contributed by atoms with Gasteiger partial charge in [-0.3, -0.25) is 9.59 Å². The largest absolute Gasteiger partial charge is 0.462 e. The smallest absolute Gasteiger partial charge is 0.306 e. The molecule has 0 saturated carbocycles. The summed E-state index contributed by atoms with van der Waals surface area (Å²) in [5.41, 5.74) is 0. The van der Waals surface area contributed by atoms with Gasteiger partial charge in [0, 0.05) is 12.8 Å². The minimum absolute atomic E-state index is 0.216. The van der Waals surface area contributed by atoms with Crippen molar-refractivity contribution in [2.24, 2.45) is 0 Å². The van der Waals surface area contributed by atoms with Crippen LogP contribution in [-0.4, -0.2) is 89.0 Å². The molecule has 1 aliphatic rings. The number of unbranched alkanes of at least 4 members (excludes halogenated alkanes) is 20. The van der Waals surface area contributed by atoms with E-state index in [1.165, 1.54) is 89.9 Å². The number of carbonyl (C=O) groups is 2. The molecule has 0 aromatic carbocycles. The van der Waals surface area contributed by atoms with Crippen LogP contribution < -0.4 is 0 Å². The van der Waals surface area contributed by atoms with Gasteiger partial charge in [0.15, 0.2) is 12.4 Å². The quantitative estimate of drug-likeness (QED) is 0.0281. The van der Waals surface area contributed by atoms with Gasteiger partial charge >= 0.3 is 11.9 Å². The number of hydrogen-bond donors (Lipinski definition) is 4. The van der Waals surface area contributed by atoms with Crippen molar-refractivity contribution in [1.82, 2.24) is 0 Å². The number of allylic oxidation sites excluding steroid dienone is 4. The second kappa shape index (κ2) is 34.7. The molecule has 10 heteroatoms. The van der Waals surface area contributed by atoms with E-state index in [4.69, 9.17) is 18.9 Å². The highest BCUT2D eigenvalue weighted by Crippen LogP contribution is 2.22. The van der Waals surface area contributed by atoms with Crippen molar-refractivity contribution in [1.29, 1.82) is 0 Å². The molecule has 6 atom stereocenters. The summed E-state index contributed by atoms with van der Waals surface area (Å²) in [6.45, 7) is 3.38. The van der Waals surface area contributed by atoms with Gasteiger partial charge in [-0.25, -0.2) is 0 Å². The molecule has 10 nitrogen and oxygen atoms in total. The molecule has 1 saturated heterocycles. The monoisotopic (exact) mass is 755 g/mol. The number of carbonyl (C=O) groups excluding carboxylic acids is 2. The lowest BCUT2D eigenvalue weighted by Gasteiger charge is -2.39. The summed E-state index contributed by atoms with van der Waals surface area (Å²) < 4.78 is 22.1. The summed E-state index contributed by atoms with van der Waals surface area (Å²) in [6, 6.07) is 0. The number of rotatable bonds is 35. The lowest BCUT2D eigenvalue weighted by atomic mass is 9.99. The van der Waals surface area contributed by atoms with Gasteiger partial charge in [-0.05, 0) is 44.9 Å². The van der Waals surface area contributed by atoms with Gasteiger partial charge in [-0.2, -0.15) is 0 Å². The molecular formula is C43H78O10. The second-order valence-corrected chi connectivity index (χ2v) is 14.8. The molecule has 0 amide bonds. The molecule has 4 N–H and O–H groups in total. The topological polar surface area (TPSA) is 152 Å². The first-order valence-corrected chi connectivity index (χ1v) is 21.4. The number of ether oxygens (including phenoxy) is 4. The van der Waals surface area contributed by atoms with Crippen molar-refractivity contribution in [2.45, 2.75) is 218 Å². The highest BCUT2D eigenvalue weighted by molar-refractivity contribution is 5.70. The maximum atomic E-state index is 12.7. The Morgan fingerprint density at radius 3 is 1.58 bits per heavy atom. The summed E-state index contributed by atoms with van der Waals surface area (Å²) in [5, 5.41) is 40.0. The number of hydrogen-bond acceptors (Lipinski definition) is 10. The van der Waals surface area contributed by atoms with Crippen LogP contribution >= 0.6 is 0 Å². The molecule has 1 aliphatic heterocycles. The summed E-state index contributed by atoms with van der Waals surface area (Å²) in [5.74, 6) is -0.819. The molecule has 0 aromatic rings. The lowest BCUT2D eigenvalue weighted by molar-refractivity contribution is -0.305. The summed E-state index contributed by atoms with van der Waals surface area (Å²) in [4.78, 5) is 25.2. The predicted octanol–water partition coefficient (Wildman–Crippen LogP) is 8.55. The van der Waals surface area contributed by atoms with E-state index >= 15 is 0 Å². The third kappa shape index (κ3) is 26.6. The van der Waals surface area contributed by atoms with E-state index in [-0.39, 0.29) is 32.0 Å². The van der Waals surface area contributed by atoms with Crippen molar-refractivity contribution in [3.63, 3.8) is 0 Å². The zero-order chi connectivity index (χ0) is 38.8. The molecule has 1 rings (SSSR count). The van der Waals surface area contributed by atoms with Gasteiger partial charge in [0.25, 0.3) is 0 Å². The van der Waals surface area contributed by atoms with Crippen molar-refractivity contribution in [2.75, 3.05) is 19.8 Å². The highest BCUT2D eigenvalue weighted by Gasteiger charge is 2.44. The molecule has 1 heterocycles. The number of esters is 2. The Morgan fingerprint density at radius 1 is 0.585 bits per heavy atom. The Hall–Kier alpha value is -1.82. The van der Waals surface area contributed by atoms with Crippen molar-refractivity contribution in [3.05, 3.63) is 24.3 Å². The van der Waals surface area contributed by atoms with Crippen LogP contribution in [0.15, 0.2) is 24.3 Å². The first kappa shape index (κ1) is 49.2. The minimum Gasteiger partial charge on any atom is -0.462 e. The third-order valence-electron chi connectivity index (χ3n) is 9.84. The maximum Gasteiger partial charge on any atom is 0.306 e. The van der Waals surface area contributed by atoms with Crippen LogP contribution in [-0.2, 0) is 28.5 Å². The lowest BCUT2D eigenvalue weighted by Crippen LogP contribution is -2.59. The fourth-order valence-electron chi connectivity index (χ4n) is 6.39. The third-order valence-corrected chi connectivity index (χ3v) is 9.84. The van der Waals surface area contributed by atoms with Crippen LogP contribution in [0.4, 0.5) is 0 Å². The molecule has 0 radical (unpaired) electrons. The molecule has 0 aliphatic carbocycles. The number of aliphatic hydroxyl groups is 4. The fraction of sp³-hybridized carbons (Fsp3) is 0.860. The van der Waals surface area contributed by atoms with Gasteiger partial charge in [-0.15, -0.1) is 0 Å². The van der Waals surface area contributed by atoms with Crippen LogP contribution in [0.2, 0.25) is 0 Å². The standard InChI is InChI=1S/C43H78O10/c1-3-5-7-9-11-13-15-17-18-19-20-22-24-26-28-30-32-39(46)52-36(35-51-43-42(49)41(48)40(47)37(33-44)53-43)34-50-38(45)31-29-27-25-23-21-16-14-12-10-8-6-4-2/h13,15,18-19,36-37,40-44,47-49H,3-12,14,16-17,20-35H2,1-2H3/b15-13-,19-18-. The summed E-state index contributed by atoms with van der Waals surface area (Å²) in [6.07, 6.45) is 28.9. The van der Waals surface area contributed by atoms with E-state index in [1.807, 2.05) is 0 Å². The molecule has 6 unspecified atom stereocenters. The van der Waals surface area contributed by atoms with E-state index < -0.39 is 49.4 Å². The van der Waals surface area contributed by atoms with Gasteiger partial charge in [0.1, 0.15) is 31.0 Å². The normalized spacial score (nSPS) is 21.1. The minimum atomic E-state index is -1.59. The van der Waals surface area contributed by atoms with Crippen molar-refractivity contribution in [3.8, 4) is 0 Å². The Bertz CT molecular complexity index is 923. The van der Waals surface area contributed by atoms with Crippen LogP contribution in [0, 0.1) is 0 Å². The van der Waals surface area contributed by atoms with Crippen LogP contribution in [0.5, 0.6) is 0 Å². The van der Waals surface area contributed by atoms with Crippen LogP contribution in [0.25, 0.3) is 0 Å². The van der Waals surface area contributed by atoms with E-state index in [2.05, 4.69) is 38.2 Å². The predicted molar refractivity (Wildman–Crippen MR) is 210 cm³/mol. The van der Waals surface area contributed by atoms with Gasteiger partial charge in [0.2, 0.25) is 0 Å². The Kier molecular flexibility index (Phi) is 32.2. The molecule has 1 fully saturated rings. The zero-order valence-electron chi connectivity index (χ0n) is 33.5.